The van der Waals surface area contributed by atoms with Gasteiger partial charge in [-0.2, -0.15) is 0 Å². The Hall–Kier alpha value is -1.61. The minimum absolute atomic E-state index is 0.141. The van der Waals surface area contributed by atoms with Crippen LogP contribution in [-0.2, 0) is 16.2 Å². The first-order valence-electron chi connectivity index (χ1n) is 10.6. The molecule has 0 amide bonds. The van der Waals surface area contributed by atoms with E-state index in [0.29, 0.717) is 36.1 Å². The summed E-state index contributed by atoms with van der Waals surface area (Å²) in [5.41, 5.74) is 5.69. The number of allylic oxidation sites excluding steroid dienone is 2. The third-order valence-electron chi connectivity index (χ3n) is 6.37. The topological polar surface area (TPSA) is 38.3 Å². The third kappa shape index (κ3) is 5.68. The number of carbonyl (C=O) groups excluding carboxylic acids is 1. The lowest BCUT2D eigenvalue weighted by atomic mass is 9.56. The van der Waals surface area contributed by atoms with Gasteiger partial charge >= 0.3 is 5.97 Å². The number of hydrogen-bond acceptors (Lipinski definition) is 3. The highest BCUT2D eigenvalue weighted by molar-refractivity contribution is 5.70. The Morgan fingerprint density at radius 3 is 2.63 bits per heavy atom. The maximum Gasteiger partial charge on any atom is 0.325 e. The van der Waals surface area contributed by atoms with Crippen molar-refractivity contribution in [3.8, 4) is 0 Å². The molecule has 2 aliphatic rings. The Balaban J connectivity index is 0.00000126. The van der Waals surface area contributed by atoms with Gasteiger partial charge in [-0.1, -0.05) is 76.1 Å². The Bertz CT molecular complexity index is 621. The van der Waals surface area contributed by atoms with E-state index in [2.05, 4.69) is 32.3 Å². The molecule has 3 nitrogen and oxygen atoms in total. The zero-order valence-electron chi connectivity index (χ0n) is 17.8. The summed E-state index contributed by atoms with van der Waals surface area (Å²) in [5, 5.41) is 0. The molecular formula is C24H37NO2. The minimum Gasteiger partial charge on any atom is -0.370 e. The van der Waals surface area contributed by atoms with Gasteiger partial charge in [-0.3, -0.25) is 4.79 Å². The smallest absolute Gasteiger partial charge is 0.325 e. The molecule has 1 fully saturated rings. The summed E-state index contributed by atoms with van der Waals surface area (Å²) in [6.45, 7) is 11.5. The average Bonchev–Trinajstić information content (AvgIpc) is 2.66. The minimum atomic E-state index is -0.141. The van der Waals surface area contributed by atoms with Gasteiger partial charge in [0.05, 0.1) is 13.0 Å². The van der Waals surface area contributed by atoms with E-state index in [1.165, 1.54) is 31.3 Å². The fourth-order valence-electron chi connectivity index (χ4n) is 4.87. The SMILES string of the molecule is CC.CC1=CCC2C(CCCC2(C)C)C1CC(=O)ONCc1ccccc1. The molecule has 0 aromatic heterocycles. The number of fused-ring (bicyclic) bond motifs is 1. The predicted molar refractivity (Wildman–Crippen MR) is 112 cm³/mol. The van der Waals surface area contributed by atoms with Crippen LogP contribution in [0.4, 0.5) is 0 Å². The number of hydroxylamine groups is 1. The van der Waals surface area contributed by atoms with Crippen molar-refractivity contribution < 1.29 is 9.63 Å². The van der Waals surface area contributed by atoms with Crippen LogP contribution in [0.15, 0.2) is 42.0 Å². The van der Waals surface area contributed by atoms with Crippen molar-refractivity contribution in [2.24, 2.45) is 23.2 Å². The van der Waals surface area contributed by atoms with Gasteiger partial charge in [0.1, 0.15) is 0 Å². The largest absolute Gasteiger partial charge is 0.370 e. The second kappa shape index (κ2) is 10.1. The molecule has 3 atom stereocenters. The highest BCUT2D eigenvalue weighted by Crippen LogP contribution is 2.52. The molecule has 0 spiro atoms. The Kier molecular flexibility index (Phi) is 8.09. The molecule has 3 unspecified atom stereocenters. The summed E-state index contributed by atoms with van der Waals surface area (Å²) in [7, 11) is 0. The molecule has 1 saturated carbocycles. The first kappa shape index (κ1) is 21.7. The highest BCUT2D eigenvalue weighted by Gasteiger charge is 2.44. The predicted octanol–water partition coefficient (Wildman–Crippen LogP) is 6.06. The quantitative estimate of drug-likeness (QED) is 0.505. The van der Waals surface area contributed by atoms with E-state index in [0.717, 1.165) is 5.56 Å². The van der Waals surface area contributed by atoms with Crippen molar-refractivity contribution in [2.75, 3.05) is 0 Å². The first-order valence-corrected chi connectivity index (χ1v) is 10.6. The van der Waals surface area contributed by atoms with E-state index in [9.17, 15) is 4.79 Å². The molecule has 27 heavy (non-hydrogen) atoms. The van der Waals surface area contributed by atoms with Crippen LogP contribution in [0.2, 0.25) is 0 Å². The van der Waals surface area contributed by atoms with Crippen LogP contribution >= 0.6 is 0 Å². The van der Waals surface area contributed by atoms with Crippen molar-refractivity contribution in [1.82, 2.24) is 5.48 Å². The van der Waals surface area contributed by atoms with Gasteiger partial charge in [-0.25, -0.2) is 0 Å². The second-order valence-electron chi connectivity index (χ2n) is 8.43. The molecule has 1 aromatic carbocycles. The lowest BCUT2D eigenvalue weighted by Crippen LogP contribution is -2.41. The van der Waals surface area contributed by atoms with Crippen molar-refractivity contribution in [3.05, 3.63) is 47.5 Å². The van der Waals surface area contributed by atoms with Crippen LogP contribution in [0.1, 0.15) is 72.3 Å². The standard InChI is InChI=1S/C22H31NO2.C2H6/c1-16-11-12-20-18(10-7-13-22(20,2)3)19(16)14-21(24)25-23-15-17-8-5-4-6-9-17;1-2/h4-6,8-9,11,18-20,23H,7,10,12-15H2,1-3H3;1-2H3. The van der Waals surface area contributed by atoms with E-state index >= 15 is 0 Å². The van der Waals surface area contributed by atoms with Crippen LogP contribution in [-0.4, -0.2) is 5.97 Å². The van der Waals surface area contributed by atoms with Crippen LogP contribution in [0.25, 0.3) is 0 Å². The number of hydrogen-bond donors (Lipinski definition) is 1. The maximum atomic E-state index is 12.4. The average molecular weight is 372 g/mol. The maximum absolute atomic E-state index is 12.4. The summed E-state index contributed by atoms with van der Waals surface area (Å²) in [4.78, 5) is 17.7. The fourth-order valence-corrected chi connectivity index (χ4v) is 4.87. The molecular weight excluding hydrogens is 334 g/mol. The Morgan fingerprint density at radius 2 is 1.93 bits per heavy atom. The number of carbonyl (C=O) groups is 1. The first-order chi connectivity index (χ1) is 13.0. The van der Waals surface area contributed by atoms with Crippen LogP contribution in [0.5, 0.6) is 0 Å². The highest BCUT2D eigenvalue weighted by atomic mass is 16.7. The van der Waals surface area contributed by atoms with E-state index in [1.807, 2.05) is 44.2 Å². The molecule has 150 valence electrons. The Labute approximate surface area is 165 Å². The molecule has 2 aliphatic carbocycles. The van der Waals surface area contributed by atoms with Crippen LogP contribution in [0, 0.1) is 23.2 Å². The van der Waals surface area contributed by atoms with Gasteiger partial charge in [-0.15, -0.1) is 5.48 Å². The normalized spacial score (nSPS) is 26.1. The summed E-state index contributed by atoms with van der Waals surface area (Å²) >= 11 is 0. The molecule has 3 rings (SSSR count). The van der Waals surface area contributed by atoms with Crippen molar-refractivity contribution in [3.63, 3.8) is 0 Å². The van der Waals surface area contributed by atoms with Gasteiger partial charge in [0.15, 0.2) is 0 Å². The molecule has 0 bridgehead atoms. The molecule has 3 heteroatoms. The van der Waals surface area contributed by atoms with E-state index in [4.69, 9.17) is 4.84 Å². The van der Waals surface area contributed by atoms with Crippen molar-refractivity contribution in [1.29, 1.82) is 0 Å². The van der Waals surface area contributed by atoms with E-state index in [-0.39, 0.29) is 5.97 Å². The van der Waals surface area contributed by atoms with Crippen molar-refractivity contribution >= 4 is 5.97 Å². The summed E-state index contributed by atoms with van der Waals surface area (Å²) in [5.74, 6) is 1.51. The van der Waals surface area contributed by atoms with E-state index in [1.54, 1.807) is 0 Å². The molecule has 1 aromatic rings. The van der Waals surface area contributed by atoms with Gasteiger partial charge in [-0.05, 0) is 54.9 Å². The lowest BCUT2D eigenvalue weighted by Gasteiger charge is -2.49. The number of nitrogens with one attached hydrogen (secondary N) is 1. The third-order valence-corrected chi connectivity index (χ3v) is 6.37. The fraction of sp³-hybridized carbons (Fsp3) is 0.625. The van der Waals surface area contributed by atoms with Gasteiger partial charge in [0.25, 0.3) is 0 Å². The molecule has 1 N–H and O–H groups in total. The second-order valence-corrected chi connectivity index (χ2v) is 8.43. The van der Waals surface area contributed by atoms with Gasteiger partial charge in [0, 0.05) is 0 Å². The summed E-state index contributed by atoms with van der Waals surface area (Å²) < 4.78 is 0. The zero-order chi connectivity index (χ0) is 19.9. The lowest BCUT2D eigenvalue weighted by molar-refractivity contribution is -0.153. The zero-order valence-corrected chi connectivity index (χ0v) is 17.8. The molecule has 0 saturated heterocycles. The Morgan fingerprint density at radius 1 is 1.22 bits per heavy atom. The number of benzene rings is 1. The molecule has 0 radical (unpaired) electrons. The summed E-state index contributed by atoms with van der Waals surface area (Å²) in [6.07, 6.45) is 7.84. The monoisotopic (exact) mass is 371 g/mol. The van der Waals surface area contributed by atoms with Crippen LogP contribution in [0.3, 0.4) is 0 Å². The number of rotatable bonds is 5. The van der Waals surface area contributed by atoms with Crippen LogP contribution < -0.4 is 5.48 Å². The summed E-state index contributed by atoms with van der Waals surface area (Å²) in [6, 6.07) is 9.99. The molecule has 0 aliphatic heterocycles. The van der Waals surface area contributed by atoms with Gasteiger partial charge in [0.2, 0.25) is 0 Å². The van der Waals surface area contributed by atoms with E-state index < -0.39 is 0 Å². The molecule has 0 heterocycles. The van der Waals surface area contributed by atoms with Crippen molar-refractivity contribution in [2.45, 2.75) is 73.3 Å². The van der Waals surface area contributed by atoms with Gasteiger partial charge < -0.3 is 4.84 Å².